The number of hydrogen-bond donors (Lipinski definition) is 3. The first-order chi connectivity index (χ1) is 8.43. The third-order valence-corrected chi connectivity index (χ3v) is 2.22. The highest BCUT2D eigenvalue weighted by molar-refractivity contribution is 5.99. The molecule has 6 heteroatoms. The second kappa shape index (κ2) is 5.90. The van der Waals surface area contributed by atoms with Gasteiger partial charge in [-0.25, -0.2) is 4.79 Å². The molecule has 1 rings (SSSR count). The van der Waals surface area contributed by atoms with Crippen molar-refractivity contribution in [2.45, 2.75) is 26.9 Å². The van der Waals surface area contributed by atoms with Crippen molar-refractivity contribution >= 4 is 17.6 Å². The summed E-state index contributed by atoms with van der Waals surface area (Å²) in [5, 5.41) is 14.1. The molecule has 1 aromatic rings. The van der Waals surface area contributed by atoms with Crippen LogP contribution in [-0.2, 0) is 4.74 Å². The Morgan fingerprint density at radius 3 is 2.72 bits per heavy atom. The van der Waals surface area contributed by atoms with E-state index in [-0.39, 0.29) is 11.9 Å². The van der Waals surface area contributed by atoms with Crippen molar-refractivity contribution in [2.24, 2.45) is 10.9 Å². The van der Waals surface area contributed by atoms with Crippen molar-refractivity contribution < 1.29 is 14.7 Å². The Bertz CT molecular complexity index is 470. The van der Waals surface area contributed by atoms with E-state index in [4.69, 9.17) is 15.7 Å². The third kappa shape index (κ3) is 3.65. The number of oxime groups is 1. The Balaban J connectivity index is 2.91. The quantitative estimate of drug-likeness (QED) is 0.331. The summed E-state index contributed by atoms with van der Waals surface area (Å²) >= 11 is 0. The molecule has 0 atom stereocenters. The molecule has 0 unspecified atom stereocenters. The van der Waals surface area contributed by atoms with Gasteiger partial charge < -0.3 is 15.7 Å². The summed E-state index contributed by atoms with van der Waals surface area (Å²) in [6, 6.07) is 5.08. The van der Waals surface area contributed by atoms with Crippen LogP contribution in [-0.4, -0.2) is 23.2 Å². The molecule has 1 amide bonds. The number of nitrogens with two attached hydrogens (primary N) is 1. The maximum absolute atomic E-state index is 11.5. The highest BCUT2D eigenvalue weighted by Gasteiger charge is 2.09. The molecule has 0 aliphatic heterocycles. The van der Waals surface area contributed by atoms with Gasteiger partial charge in [0.25, 0.3) is 0 Å². The van der Waals surface area contributed by atoms with Gasteiger partial charge in [0.05, 0.1) is 6.10 Å². The molecule has 0 aliphatic rings. The van der Waals surface area contributed by atoms with Gasteiger partial charge >= 0.3 is 6.09 Å². The van der Waals surface area contributed by atoms with Crippen LogP contribution in [0.3, 0.4) is 0 Å². The summed E-state index contributed by atoms with van der Waals surface area (Å²) < 4.78 is 4.97. The molecule has 0 fully saturated rings. The number of benzene rings is 1. The normalized spacial score (nSPS) is 11.4. The standard InChI is InChI=1S/C12H17N3O3/c1-7(2)18-12(16)14-10-6-9(11(13)15-17)5-4-8(10)3/h4-7,17H,1-3H3,(H2,13,15)(H,14,16). The molecule has 0 saturated heterocycles. The molecule has 1 aromatic carbocycles. The molecule has 18 heavy (non-hydrogen) atoms. The van der Waals surface area contributed by atoms with E-state index in [1.165, 1.54) is 0 Å². The molecule has 6 nitrogen and oxygen atoms in total. The number of carbonyl (C=O) groups excluding carboxylic acids is 1. The summed E-state index contributed by atoms with van der Waals surface area (Å²) in [6.07, 6.45) is -0.734. The summed E-state index contributed by atoms with van der Waals surface area (Å²) in [6.45, 7) is 5.36. The molecule has 0 aromatic heterocycles. The molecule has 0 spiro atoms. The fourth-order valence-electron chi connectivity index (χ4n) is 1.33. The molecule has 0 aliphatic carbocycles. The Labute approximate surface area is 105 Å². The van der Waals surface area contributed by atoms with Gasteiger partial charge in [0.2, 0.25) is 0 Å². The highest BCUT2D eigenvalue weighted by atomic mass is 16.6. The first-order valence-corrected chi connectivity index (χ1v) is 5.50. The lowest BCUT2D eigenvalue weighted by Gasteiger charge is -2.12. The predicted octanol–water partition coefficient (Wildman–Crippen LogP) is 2.05. The monoisotopic (exact) mass is 251 g/mol. The van der Waals surface area contributed by atoms with Crippen LogP contribution in [0.5, 0.6) is 0 Å². The molecule has 0 saturated carbocycles. The van der Waals surface area contributed by atoms with Crippen LogP contribution in [0.2, 0.25) is 0 Å². The van der Waals surface area contributed by atoms with Crippen LogP contribution in [0.4, 0.5) is 10.5 Å². The fraction of sp³-hybridized carbons (Fsp3) is 0.333. The number of rotatable bonds is 3. The zero-order valence-corrected chi connectivity index (χ0v) is 10.6. The molecular formula is C12H17N3O3. The fourth-order valence-corrected chi connectivity index (χ4v) is 1.33. The van der Waals surface area contributed by atoms with Crippen LogP contribution >= 0.6 is 0 Å². The number of ether oxygens (including phenoxy) is 1. The molecule has 0 heterocycles. The number of carbonyl (C=O) groups is 1. The number of hydrogen-bond acceptors (Lipinski definition) is 4. The van der Waals surface area contributed by atoms with Gasteiger partial charge in [0.15, 0.2) is 5.84 Å². The average Bonchev–Trinajstić information content (AvgIpc) is 2.30. The Kier molecular flexibility index (Phi) is 4.53. The van der Waals surface area contributed by atoms with Gasteiger partial charge in [-0.2, -0.15) is 0 Å². The Morgan fingerprint density at radius 1 is 1.50 bits per heavy atom. The number of nitrogens with zero attached hydrogens (tertiary/aromatic N) is 1. The minimum Gasteiger partial charge on any atom is -0.447 e. The van der Waals surface area contributed by atoms with E-state index in [0.717, 1.165) is 5.56 Å². The molecule has 0 radical (unpaired) electrons. The van der Waals surface area contributed by atoms with Gasteiger partial charge in [0.1, 0.15) is 0 Å². The third-order valence-electron chi connectivity index (χ3n) is 2.22. The Hall–Kier alpha value is -2.24. The lowest BCUT2D eigenvalue weighted by atomic mass is 10.1. The minimum absolute atomic E-state index is 0.0183. The van der Waals surface area contributed by atoms with E-state index < -0.39 is 6.09 Å². The molecular weight excluding hydrogens is 234 g/mol. The number of amidine groups is 1. The Morgan fingerprint density at radius 2 is 2.17 bits per heavy atom. The predicted molar refractivity (Wildman–Crippen MR) is 68.9 cm³/mol. The van der Waals surface area contributed by atoms with Crippen molar-refractivity contribution in [3.63, 3.8) is 0 Å². The number of anilines is 1. The van der Waals surface area contributed by atoms with Crippen molar-refractivity contribution in [3.8, 4) is 0 Å². The lowest BCUT2D eigenvalue weighted by molar-refractivity contribution is 0.130. The van der Waals surface area contributed by atoms with Crippen LogP contribution in [0.25, 0.3) is 0 Å². The van der Waals surface area contributed by atoms with Crippen molar-refractivity contribution in [1.29, 1.82) is 0 Å². The first-order valence-electron chi connectivity index (χ1n) is 5.50. The van der Waals surface area contributed by atoms with Gasteiger partial charge in [-0.3, -0.25) is 5.32 Å². The van der Waals surface area contributed by atoms with E-state index in [0.29, 0.717) is 11.3 Å². The van der Waals surface area contributed by atoms with Crippen LogP contribution < -0.4 is 11.1 Å². The topological polar surface area (TPSA) is 96.9 Å². The van der Waals surface area contributed by atoms with E-state index in [2.05, 4.69) is 10.5 Å². The SMILES string of the molecule is Cc1ccc(C(N)=NO)cc1NC(=O)OC(C)C. The van der Waals surface area contributed by atoms with E-state index in [1.54, 1.807) is 32.0 Å². The minimum atomic E-state index is -0.537. The second-order valence-corrected chi connectivity index (χ2v) is 4.09. The maximum Gasteiger partial charge on any atom is 0.411 e. The van der Waals surface area contributed by atoms with Crippen LogP contribution in [0, 0.1) is 6.92 Å². The van der Waals surface area contributed by atoms with Gasteiger partial charge in [-0.1, -0.05) is 17.3 Å². The maximum atomic E-state index is 11.5. The zero-order chi connectivity index (χ0) is 13.7. The number of nitrogens with one attached hydrogen (secondary N) is 1. The molecule has 98 valence electrons. The van der Waals surface area contributed by atoms with Gasteiger partial charge in [-0.15, -0.1) is 0 Å². The number of amides is 1. The van der Waals surface area contributed by atoms with E-state index >= 15 is 0 Å². The summed E-state index contributed by atoms with van der Waals surface area (Å²) in [4.78, 5) is 11.5. The lowest BCUT2D eigenvalue weighted by Crippen LogP contribution is -2.19. The smallest absolute Gasteiger partial charge is 0.411 e. The number of aryl methyl sites for hydroxylation is 1. The van der Waals surface area contributed by atoms with E-state index in [1.807, 2.05) is 6.92 Å². The second-order valence-electron chi connectivity index (χ2n) is 4.09. The zero-order valence-electron chi connectivity index (χ0n) is 10.6. The first kappa shape index (κ1) is 13.8. The molecule has 4 N–H and O–H groups in total. The summed E-state index contributed by atoms with van der Waals surface area (Å²) in [5.41, 5.74) is 7.41. The summed E-state index contributed by atoms with van der Waals surface area (Å²) in [7, 11) is 0. The van der Waals surface area contributed by atoms with Crippen LogP contribution in [0.15, 0.2) is 23.4 Å². The van der Waals surface area contributed by atoms with Crippen molar-refractivity contribution in [3.05, 3.63) is 29.3 Å². The van der Waals surface area contributed by atoms with Gasteiger partial charge in [-0.05, 0) is 32.4 Å². The average molecular weight is 251 g/mol. The van der Waals surface area contributed by atoms with Gasteiger partial charge in [0, 0.05) is 11.3 Å². The largest absolute Gasteiger partial charge is 0.447 e. The van der Waals surface area contributed by atoms with E-state index in [9.17, 15) is 4.79 Å². The summed E-state index contributed by atoms with van der Waals surface area (Å²) in [5.74, 6) is -0.0183. The van der Waals surface area contributed by atoms with Crippen molar-refractivity contribution in [2.75, 3.05) is 5.32 Å². The molecule has 0 bridgehead atoms. The van der Waals surface area contributed by atoms with Crippen molar-refractivity contribution in [1.82, 2.24) is 0 Å². The highest BCUT2D eigenvalue weighted by Crippen LogP contribution is 2.17. The van der Waals surface area contributed by atoms with Crippen LogP contribution in [0.1, 0.15) is 25.0 Å².